The molecule has 8 aromatic carbocycles. The summed E-state index contributed by atoms with van der Waals surface area (Å²) < 4.78 is 4.86. The van der Waals surface area contributed by atoms with E-state index in [-0.39, 0.29) is 0 Å². The number of nitrogens with zero attached hydrogens (tertiary/aromatic N) is 2. The predicted molar refractivity (Wildman–Crippen MR) is 208 cm³/mol. The van der Waals surface area contributed by atoms with E-state index in [1.54, 1.807) is 0 Å². The van der Waals surface area contributed by atoms with Crippen LogP contribution in [0.4, 0.5) is 0 Å². The molecule has 230 valence electrons. The van der Waals surface area contributed by atoms with Crippen molar-refractivity contribution in [2.45, 2.75) is 6.92 Å². The lowest BCUT2D eigenvalue weighted by Gasteiger charge is -2.13. The molecule has 0 aliphatic carbocycles. The van der Waals surface area contributed by atoms with Gasteiger partial charge in [-0.2, -0.15) is 0 Å². The summed E-state index contributed by atoms with van der Waals surface area (Å²) in [5, 5.41) is 7.58. The summed E-state index contributed by atoms with van der Waals surface area (Å²) in [5.74, 6) is 0. The minimum Gasteiger partial charge on any atom is -0.309 e. The second-order valence-corrected chi connectivity index (χ2v) is 13.1. The van der Waals surface area contributed by atoms with Gasteiger partial charge in [-0.1, -0.05) is 121 Å². The van der Waals surface area contributed by atoms with Crippen LogP contribution in [0.1, 0.15) is 5.56 Å². The number of rotatable bonds is 4. The second-order valence-electron chi connectivity index (χ2n) is 13.1. The normalized spacial score (nSPS) is 11.8. The highest BCUT2D eigenvalue weighted by molar-refractivity contribution is 6.22. The second kappa shape index (κ2) is 10.8. The van der Waals surface area contributed by atoms with Crippen LogP contribution in [0.5, 0.6) is 0 Å². The van der Waals surface area contributed by atoms with Gasteiger partial charge in [0.05, 0.1) is 22.1 Å². The molecular weight excluding hydrogens is 593 g/mol. The number of hydrogen-bond donors (Lipinski definition) is 0. The van der Waals surface area contributed by atoms with Crippen molar-refractivity contribution in [1.82, 2.24) is 9.13 Å². The van der Waals surface area contributed by atoms with Crippen LogP contribution in [0.15, 0.2) is 176 Å². The van der Waals surface area contributed by atoms with Crippen LogP contribution < -0.4 is 0 Å². The highest BCUT2D eigenvalue weighted by atomic mass is 15.0. The molecule has 2 heterocycles. The molecule has 10 aromatic rings. The van der Waals surface area contributed by atoms with Crippen molar-refractivity contribution in [2.75, 3.05) is 0 Å². The largest absolute Gasteiger partial charge is 0.309 e. The third-order valence-electron chi connectivity index (χ3n) is 10.1. The van der Waals surface area contributed by atoms with Crippen molar-refractivity contribution in [1.29, 1.82) is 0 Å². The predicted octanol–water partition coefficient (Wildman–Crippen LogP) is 12.7. The lowest BCUT2D eigenvalue weighted by molar-refractivity contribution is 1.17. The average molecular weight is 625 g/mol. The van der Waals surface area contributed by atoms with E-state index in [0.717, 1.165) is 0 Å². The molecular formula is C47H32N2. The van der Waals surface area contributed by atoms with Gasteiger partial charge in [-0.05, 0) is 100 Å². The third kappa shape index (κ3) is 4.28. The summed E-state index contributed by atoms with van der Waals surface area (Å²) in [7, 11) is 0. The zero-order chi connectivity index (χ0) is 32.5. The summed E-state index contributed by atoms with van der Waals surface area (Å²) in [4.78, 5) is 0. The molecule has 0 N–H and O–H groups in total. The molecule has 10 rings (SSSR count). The van der Waals surface area contributed by atoms with Gasteiger partial charge >= 0.3 is 0 Å². The maximum absolute atomic E-state index is 2.46. The van der Waals surface area contributed by atoms with Crippen LogP contribution in [0.3, 0.4) is 0 Å². The Morgan fingerprint density at radius 1 is 0.347 bits per heavy atom. The lowest BCUT2D eigenvalue weighted by Crippen LogP contribution is -1.96. The van der Waals surface area contributed by atoms with Crippen molar-refractivity contribution in [3.63, 3.8) is 0 Å². The first-order valence-electron chi connectivity index (χ1n) is 16.9. The van der Waals surface area contributed by atoms with Crippen LogP contribution in [-0.2, 0) is 0 Å². The van der Waals surface area contributed by atoms with Gasteiger partial charge in [0.25, 0.3) is 0 Å². The zero-order valence-corrected chi connectivity index (χ0v) is 27.1. The van der Waals surface area contributed by atoms with Gasteiger partial charge in [0.1, 0.15) is 0 Å². The molecule has 0 saturated carbocycles. The molecule has 2 aromatic heterocycles. The van der Waals surface area contributed by atoms with Crippen molar-refractivity contribution < 1.29 is 0 Å². The van der Waals surface area contributed by atoms with E-state index in [1.807, 2.05) is 0 Å². The Hall–Kier alpha value is -6.38. The number of fused-ring (bicyclic) bond motifs is 7. The molecule has 2 heteroatoms. The number of para-hydroxylation sites is 3. The Bertz CT molecular complexity index is 2890. The van der Waals surface area contributed by atoms with Gasteiger partial charge in [-0.3, -0.25) is 0 Å². The maximum Gasteiger partial charge on any atom is 0.0547 e. The number of benzene rings is 8. The summed E-state index contributed by atoms with van der Waals surface area (Å²) in [6, 6.07) is 64.3. The van der Waals surface area contributed by atoms with Crippen molar-refractivity contribution >= 4 is 54.4 Å². The number of aromatic nitrogens is 2. The van der Waals surface area contributed by atoms with Gasteiger partial charge in [0.15, 0.2) is 0 Å². The molecule has 0 radical (unpaired) electrons. The Balaban J connectivity index is 1.25. The molecule has 2 nitrogen and oxygen atoms in total. The minimum absolute atomic E-state index is 1.17. The third-order valence-corrected chi connectivity index (χ3v) is 10.1. The minimum atomic E-state index is 1.17. The standard InChI is InChI=1S/C47H32N2/c1-31-27-35(34-26-25-32-13-5-6-14-33(32)29-34)30-37(28-31)49-43-22-10-8-18-41(43)47-39(20-12-24-45(47)49)38-19-11-23-44-46(38)40-17-7-9-21-42(40)48(44)36-15-3-2-4-16-36/h2-30H,1H3. The van der Waals surface area contributed by atoms with Gasteiger partial charge in [-0.25, -0.2) is 0 Å². The molecule has 49 heavy (non-hydrogen) atoms. The summed E-state index contributed by atoms with van der Waals surface area (Å²) in [6.45, 7) is 2.20. The van der Waals surface area contributed by atoms with Crippen LogP contribution in [-0.4, -0.2) is 9.13 Å². The number of hydrogen-bond acceptors (Lipinski definition) is 0. The molecule has 0 bridgehead atoms. The molecule has 0 unspecified atom stereocenters. The molecule has 0 aliphatic rings. The van der Waals surface area contributed by atoms with Crippen LogP contribution in [0.25, 0.3) is 88.0 Å². The van der Waals surface area contributed by atoms with Crippen LogP contribution in [0, 0.1) is 6.92 Å². The van der Waals surface area contributed by atoms with E-state index < -0.39 is 0 Å². The Morgan fingerprint density at radius 3 is 1.57 bits per heavy atom. The van der Waals surface area contributed by atoms with Crippen LogP contribution in [0.2, 0.25) is 0 Å². The monoisotopic (exact) mass is 624 g/mol. The van der Waals surface area contributed by atoms with E-state index in [4.69, 9.17) is 0 Å². The molecule has 0 atom stereocenters. The zero-order valence-electron chi connectivity index (χ0n) is 27.1. The van der Waals surface area contributed by atoms with Gasteiger partial charge in [0, 0.05) is 32.9 Å². The highest BCUT2D eigenvalue weighted by Gasteiger charge is 2.20. The fourth-order valence-electron chi connectivity index (χ4n) is 8.05. The van der Waals surface area contributed by atoms with E-state index in [9.17, 15) is 0 Å². The van der Waals surface area contributed by atoms with E-state index in [2.05, 4.69) is 192 Å². The first-order chi connectivity index (χ1) is 24.2. The van der Waals surface area contributed by atoms with Gasteiger partial charge in [-0.15, -0.1) is 0 Å². The Labute approximate surface area is 284 Å². The maximum atomic E-state index is 2.46. The summed E-state index contributed by atoms with van der Waals surface area (Å²) >= 11 is 0. The molecule has 0 spiro atoms. The summed E-state index contributed by atoms with van der Waals surface area (Å²) in [6.07, 6.45) is 0. The van der Waals surface area contributed by atoms with Crippen molar-refractivity contribution in [3.05, 3.63) is 181 Å². The SMILES string of the molecule is Cc1cc(-c2ccc3ccccc3c2)cc(-n2c3ccccc3c3c(-c4cccc5c4c4ccccc4n5-c4ccccc4)cccc32)c1. The van der Waals surface area contributed by atoms with E-state index >= 15 is 0 Å². The fraction of sp³-hybridized carbons (Fsp3) is 0.0213. The Kier molecular flexibility index (Phi) is 6.13. The molecule has 0 fully saturated rings. The smallest absolute Gasteiger partial charge is 0.0547 e. The quantitative estimate of drug-likeness (QED) is 0.184. The average Bonchev–Trinajstić information content (AvgIpc) is 3.68. The molecule has 0 aliphatic heterocycles. The lowest BCUT2D eigenvalue weighted by atomic mass is 9.95. The first kappa shape index (κ1) is 27.7. The van der Waals surface area contributed by atoms with Crippen molar-refractivity contribution in [3.8, 4) is 33.6 Å². The molecule has 0 amide bonds. The van der Waals surface area contributed by atoms with Gasteiger partial charge < -0.3 is 9.13 Å². The Morgan fingerprint density at radius 2 is 0.898 bits per heavy atom. The van der Waals surface area contributed by atoms with E-state index in [0.29, 0.717) is 0 Å². The number of aryl methyl sites for hydroxylation is 1. The first-order valence-corrected chi connectivity index (χ1v) is 16.9. The highest BCUT2D eigenvalue weighted by Crippen LogP contribution is 2.44. The summed E-state index contributed by atoms with van der Waals surface area (Å²) in [5.41, 5.74) is 13.4. The van der Waals surface area contributed by atoms with Gasteiger partial charge in [0.2, 0.25) is 0 Å². The topological polar surface area (TPSA) is 9.86 Å². The fourth-order valence-corrected chi connectivity index (χ4v) is 8.05. The van der Waals surface area contributed by atoms with Crippen LogP contribution >= 0.6 is 0 Å². The van der Waals surface area contributed by atoms with E-state index in [1.165, 1.54) is 93.6 Å². The van der Waals surface area contributed by atoms with Crippen molar-refractivity contribution in [2.24, 2.45) is 0 Å². The molecule has 0 saturated heterocycles.